The van der Waals surface area contributed by atoms with E-state index in [4.69, 9.17) is 24.2 Å². The highest BCUT2D eigenvalue weighted by Gasteiger charge is 2.36. The van der Waals surface area contributed by atoms with Crippen LogP contribution in [0.3, 0.4) is 0 Å². The monoisotopic (exact) mass is 414 g/mol. The summed E-state index contributed by atoms with van der Waals surface area (Å²) in [6.45, 7) is 6.51. The number of ether oxygens (including phenoxy) is 4. The quantitative estimate of drug-likeness (QED) is 0.498. The molecule has 0 saturated heterocycles. The number of nitrogens with zero attached hydrogens (tertiary/aromatic N) is 1. The molecule has 0 aromatic rings. The van der Waals surface area contributed by atoms with Crippen molar-refractivity contribution in [2.45, 2.75) is 103 Å². The van der Waals surface area contributed by atoms with Gasteiger partial charge in [-0.25, -0.2) is 4.79 Å². The van der Waals surface area contributed by atoms with E-state index in [0.717, 1.165) is 25.7 Å². The third-order valence-corrected chi connectivity index (χ3v) is 4.85. The lowest BCUT2D eigenvalue weighted by atomic mass is 9.83. The zero-order chi connectivity index (χ0) is 21.9. The lowest BCUT2D eigenvalue weighted by Crippen LogP contribution is -2.53. The minimum atomic E-state index is -1.11. The number of hydrogen-bond donors (Lipinski definition) is 2. The average Bonchev–Trinajstić information content (AvgIpc) is 2.64. The first-order valence-electron chi connectivity index (χ1n) is 10.5. The van der Waals surface area contributed by atoms with Crippen molar-refractivity contribution in [1.29, 1.82) is 5.26 Å². The fourth-order valence-corrected chi connectivity index (χ4v) is 3.61. The summed E-state index contributed by atoms with van der Waals surface area (Å²) in [4.78, 5) is 12.5. The molecule has 8 heteroatoms. The van der Waals surface area contributed by atoms with Crippen LogP contribution in [0.2, 0.25) is 0 Å². The van der Waals surface area contributed by atoms with Gasteiger partial charge in [0.2, 0.25) is 0 Å². The fraction of sp³-hybridized carbons (Fsp3) is 0.905. The Morgan fingerprint density at radius 3 is 2.45 bits per heavy atom. The second kappa shape index (κ2) is 13.0. The van der Waals surface area contributed by atoms with Gasteiger partial charge in [0.15, 0.2) is 0 Å². The standard InChI is InChI=1S/C21H38N2O6/c1-6-27-20(26-5)28-18(17(24)12-13-22)16(14-15-10-8-7-9-11-15)23-19(25)29-21(2,3)4/h15-18,20,24H,6-12,14H2,1-5H3,(H,23,25)/t16-,17-,18+,20?/m0/s1. The van der Waals surface area contributed by atoms with Crippen LogP contribution in [-0.4, -0.2) is 55.2 Å². The highest BCUT2D eigenvalue weighted by molar-refractivity contribution is 5.68. The largest absolute Gasteiger partial charge is 0.444 e. The van der Waals surface area contributed by atoms with Gasteiger partial charge in [-0.1, -0.05) is 32.1 Å². The Balaban J connectivity index is 3.03. The van der Waals surface area contributed by atoms with E-state index in [2.05, 4.69) is 5.32 Å². The molecule has 1 amide bonds. The molecule has 1 unspecified atom stereocenters. The number of hydrogen-bond acceptors (Lipinski definition) is 7. The summed E-state index contributed by atoms with van der Waals surface area (Å²) in [5.41, 5.74) is -0.651. The molecule has 1 rings (SSSR count). The van der Waals surface area contributed by atoms with E-state index in [0.29, 0.717) is 18.9 Å². The Hall–Kier alpha value is -1.40. The maximum absolute atomic E-state index is 12.5. The predicted octanol–water partition coefficient (Wildman–Crippen LogP) is 3.48. The van der Waals surface area contributed by atoms with Gasteiger partial charge in [0, 0.05) is 13.7 Å². The number of carbonyl (C=O) groups excluding carboxylic acids is 1. The van der Waals surface area contributed by atoms with E-state index in [1.807, 2.05) is 6.07 Å². The van der Waals surface area contributed by atoms with Gasteiger partial charge in [0.25, 0.3) is 6.48 Å². The Kier molecular flexibility index (Phi) is 11.5. The van der Waals surface area contributed by atoms with Crippen molar-refractivity contribution in [3.63, 3.8) is 0 Å². The molecule has 1 fully saturated rings. The van der Waals surface area contributed by atoms with Crippen LogP contribution >= 0.6 is 0 Å². The van der Waals surface area contributed by atoms with Gasteiger partial charge in [0.1, 0.15) is 11.7 Å². The molecule has 4 atom stereocenters. The number of nitrogens with one attached hydrogen (secondary N) is 1. The number of aliphatic hydroxyl groups is 1. The van der Waals surface area contributed by atoms with E-state index in [1.54, 1.807) is 27.7 Å². The molecular weight excluding hydrogens is 376 g/mol. The summed E-state index contributed by atoms with van der Waals surface area (Å²) in [6.07, 6.45) is 3.56. The summed E-state index contributed by atoms with van der Waals surface area (Å²) >= 11 is 0. The Morgan fingerprint density at radius 2 is 1.93 bits per heavy atom. The van der Waals surface area contributed by atoms with Crippen LogP contribution in [0.25, 0.3) is 0 Å². The second-order valence-electron chi connectivity index (χ2n) is 8.50. The number of aliphatic hydroxyl groups excluding tert-OH is 1. The molecule has 0 aromatic carbocycles. The first-order valence-corrected chi connectivity index (χ1v) is 10.5. The molecule has 168 valence electrons. The van der Waals surface area contributed by atoms with Crippen LogP contribution in [0.5, 0.6) is 0 Å². The van der Waals surface area contributed by atoms with Gasteiger partial charge in [-0.2, -0.15) is 5.26 Å². The van der Waals surface area contributed by atoms with E-state index in [-0.39, 0.29) is 6.42 Å². The summed E-state index contributed by atoms with van der Waals surface area (Å²) < 4.78 is 21.9. The van der Waals surface area contributed by atoms with Crippen LogP contribution in [0.1, 0.15) is 72.6 Å². The summed E-state index contributed by atoms with van der Waals surface area (Å²) in [5.74, 6) is 0.400. The van der Waals surface area contributed by atoms with Crippen LogP contribution in [-0.2, 0) is 18.9 Å². The number of amides is 1. The van der Waals surface area contributed by atoms with Crippen molar-refractivity contribution in [2.75, 3.05) is 13.7 Å². The molecule has 0 aromatic heterocycles. The van der Waals surface area contributed by atoms with Crippen LogP contribution in [0.4, 0.5) is 4.79 Å². The highest BCUT2D eigenvalue weighted by Crippen LogP contribution is 2.29. The molecule has 2 N–H and O–H groups in total. The van der Waals surface area contributed by atoms with Gasteiger partial charge < -0.3 is 29.4 Å². The van der Waals surface area contributed by atoms with Crippen LogP contribution in [0, 0.1) is 17.2 Å². The van der Waals surface area contributed by atoms with Crippen molar-refractivity contribution in [3.05, 3.63) is 0 Å². The third kappa shape index (κ3) is 10.3. The highest BCUT2D eigenvalue weighted by atomic mass is 16.8. The molecule has 1 aliphatic carbocycles. The maximum atomic E-state index is 12.5. The zero-order valence-corrected chi connectivity index (χ0v) is 18.5. The fourth-order valence-electron chi connectivity index (χ4n) is 3.61. The molecule has 0 radical (unpaired) electrons. The van der Waals surface area contributed by atoms with Gasteiger partial charge in [-0.3, -0.25) is 0 Å². The molecule has 0 heterocycles. The van der Waals surface area contributed by atoms with Gasteiger partial charge in [0.05, 0.1) is 24.6 Å². The van der Waals surface area contributed by atoms with Crippen LogP contribution < -0.4 is 5.32 Å². The lowest BCUT2D eigenvalue weighted by molar-refractivity contribution is -0.306. The van der Waals surface area contributed by atoms with E-state index in [1.165, 1.54) is 13.5 Å². The van der Waals surface area contributed by atoms with Crippen molar-refractivity contribution in [3.8, 4) is 6.07 Å². The summed E-state index contributed by atoms with van der Waals surface area (Å²) in [5, 5.41) is 22.6. The van der Waals surface area contributed by atoms with E-state index in [9.17, 15) is 9.90 Å². The molecule has 0 aliphatic heterocycles. The predicted molar refractivity (Wildman–Crippen MR) is 108 cm³/mol. The average molecular weight is 415 g/mol. The maximum Gasteiger partial charge on any atom is 0.407 e. The molecule has 0 spiro atoms. The Bertz CT molecular complexity index is 510. The van der Waals surface area contributed by atoms with Crippen molar-refractivity contribution < 1.29 is 28.8 Å². The van der Waals surface area contributed by atoms with E-state index >= 15 is 0 Å². The molecule has 0 bridgehead atoms. The first-order chi connectivity index (χ1) is 13.7. The Labute approximate surface area is 174 Å². The summed E-state index contributed by atoms with van der Waals surface area (Å²) in [7, 11) is 1.44. The van der Waals surface area contributed by atoms with Gasteiger partial charge >= 0.3 is 6.09 Å². The van der Waals surface area contributed by atoms with Gasteiger partial charge in [-0.15, -0.1) is 0 Å². The first kappa shape index (κ1) is 25.6. The lowest BCUT2D eigenvalue weighted by Gasteiger charge is -2.36. The number of methoxy groups -OCH3 is 1. The smallest absolute Gasteiger partial charge is 0.407 e. The molecule has 1 saturated carbocycles. The number of rotatable bonds is 11. The molecule has 8 nitrogen and oxygen atoms in total. The summed E-state index contributed by atoms with van der Waals surface area (Å²) in [6, 6.07) is 1.42. The second-order valence-corrected chi connectivity index (χ2v) is 8.50. The molecular formula is C21H38N2O6. The minimum absolute atomic E-state index is 0.135. The van der Waals surface area contributed by atoms with Gasteiger partial charge in [-0.05, 0) is 40.0 Å². The van der Waals surface area contributed by atoms with Crippen molar-refractivity contribution in [2.24, 2.45) is 5.92 Å². The number of nitriles is 1. The molecule has 1 aliphatic rings. The minimum Gasteiger partial charge on any atom is -0.444 e. The van der Waals surface area contributed by atoms with Crippen molar-refractivity contribution >= 4 is 6.09 Å². The number of carbonyl (C=O) groups is 1. The van der Waals surface area contributed by atoms with Crippen LogP contribution in [0.15, 0.2) is 0 Å². The molecule has 29 heavy (non-hydrogen) atoms. The number of alkyl carbamates (subject to hydrolysis) is 1. The zero-order valence-electron chi connectivity index (χ0n) is 18.5. The normalized spacial score (nSPS) is 19.6. The van der Waals surface area contributed by atoms with E-state index < -0.39 is 36.4 Å². The van der Waals surface area contributed by atoms with Crippen molar-refractivity contribution in [1.82, 2.24) is 5.32 Å². The Morgan fingerprint density at radius 1 is 1.28 bits per heavy atom. The topological polar surface area (TPSA) is 110 Å². The SMILES string of the molecule is CCOC(OC)O[C@H]([C@H](CC1CCCCC1)NC(=O)OC(C)(C)C)[C@@H](O)CC#N. The third-order valence-electron chi connectivity index (χ3n) is 4.85.